The molecule has 1 aliphatic heterocycles. The van der Waals surface area contributed by atoms with E-state index in [0.717, 1.165) is 28.5 Å². The predicted octanol–water partition coefficient (Wildman–Crippen LogP) is 3.61. The van der Waals surface area contributed by atoms with Gasteiger partial charge in [0.1, 0.15) is 11.9 Å². The van der Waals surface area contributed by atoms with Crippen molar-refractivity contribution < 1.29 is 13.9 Å². The summed E-state index contributed by atoms with van der Waals surface area (Å²) >= 11 is 0. The van der Waals surface area contributed by atoms with E-state index < -0.39 is 0 Å². The summed E-state index contributed by atoms with van der Waals surface area (Å²) in [6.07, 6.45) is 4.21. The molecule has 0 unspecified atom stereocenters. The van der Waals surface area contributed by atoms with Crippen molar-refractivity contribution in [3.05, 3.63) is 79.1 Å². The van der Waals surface area contributed by atoms with E-state index >= 15 is 0 Å². The Kier molecular flexibility index (Phi) is 2.82. The van der Waals surface area contributed by atoms with Crippen LogP contribution >= 0.6 is 0 Å². The Labute approximate surface area is 139 Å². The van der Waals surface area contributed by atoms with Gasteiger partial charge in [0.15, 0.2) is 17.2 Å². The van der Waals surface area contributed by atoms with Gasteiger partial charge >= 0.3 is 0 Å². The molecule has 0 saturated carbocycles. The molecule has 4 nitrogen and oxygen atoms in total. The van der Waals surface area contributed by atoms with Crippen LogP contribution in [0.25, 0.3) is 22.6 Å². The lowest BCUT2D eigenvalue weighted by Crippen LogP contribution is -2.17. The monoisotopic (exact) mass is 315 g/mol. The largest absolute Gasteiger partial charge is 0.454 e. The lowest BCUT2D eigenvalue weighted by molar-refractivity contribution is -0.510. The number of benzene rings is 2. The SMILES string of the molecule is c1ccc(-c2c[n+]3ccccc3n2-c2ccc3c(c2)OCO3)cc1. The van der Waals surface area contributed by atoms with Crippen molar-refractivity contribution in [2.45, 2.75) is 0 Å². The first-order valence-corrected chi connectivity index (χ1v) is 7.87. The zero-order valence-electron chi connectivity index (χ0n) is 12.9. The molecule has 2 aromatic heterocycles. The predicted molar refractivity (Wildman–Crippen MR) is 90.5 cm³/mol. The van der Waals surface area contributed by atoms with Crippen LogP contribution in [0.2, 0.25) is 0 Å². The van der Waals surface area contributed by atoms with E-state index in [1.165, 1.54) is 5.56 Å². The lowest BCUT2D eigenvalue weighted by Gasteiger charge is -2.04. The van der Waals surface area contributed by atoms with Gasteiger partial charge in [0.05, 0.1) is 6.20 Å². The summed E-state index contributed by atoms with van der Waals surface area (Å²) in [6.45, 7) is 0.283. The first-order chi connectivity index (χ1) is 11.9. The Hall–Kier alpha value is -3.27. The molecule has 1 aliphatic rings. The second-order valence-corrected chi connectivity index (χ2v) is 5.72. The highest BCUT2D eigenvalue weighted by Gasteiger charge is 2.23. The number of ether oxygens (including phenoxy) is 2. The molecule has 116 valence electrons. The summed E-state index contributed by atoms with van der Waals surface area (Å²) < 4.78 is 15.4. The van der Waals surface area contributed by atoms with Crippen molar-refractivity contribution in [2.75, 3.05) is 6.79 Å². The highest BCUT2D eigenvalue weighted by molar-refractivity contribution is 5.66. The normalized spacial score (nSPS) is 12.7. The van der Waals surface area contributed by atoms with E-state index in [1.54, 1.807) is 0 Å². The van der Waals surface area contributed by atoms with Gasteiger partial charge in [0.25, 0.3) is 5.65 Å². The smallest absolute Gasteiger partial charge is 0.291 e. The molecule has 0 fully saturated rings. The molecule has 0 N–H and O–H groups in total. The summed E-state index contributed by atoms with van der Waals surface area (Å²) in [5.41, 5.74) is 4.43. The minimum atomic E-state index is 0.283. The van der Waals surface area contributed by atoms with E-state index in [2.05, 4.69) is 57.8 Å². The Bertz CT molecular complexity index is 1040. The van der Waals surface area contributed by atoms with Crippen LogP contribution in [0, 0.1) is 0 Å². The van der Waals surface area contributed by atoms with Gasteiger partial charge in [-0.05, 0) is 18.2 Å². The molecule has 0 amide bonds. The molecular formula is C20H15N2O2+. The van der Waals surface area contributed by atoms with E-state index in [4.69, 9.17) is 9.47 Å². The average molecular weight is 315 g/mol. The second kappa shape index (κ2) is 5.13. The molecule has 0 bridgehead atoms. The Morgan fingerprint density at radius 2 is 1.67 bits per heavy atom. The van der Waals surface area contributed by atoms with Crippen molar-refractivity contribution in [2.24, 2.45) is 0 Å². The van der Waals surface area contributed by atoms with E-state index in [9.17, 15) is 0 Å². The van der Waals surface area contributed by atoms with Crippen molar-refractivity contribution in [1.82, 2.24) is 4.57 Å². The molecular weight excluding hydrogens is 300 g/mol. The number of hydrogen-bond donors (Lipinski definition) is 0. The first-order valence-electron chi connectivity index (χ1n) is 7.87. The van der Waals surface area contributed by atoms with Crippen LogP contribution in [0.3, 0.4) is 0 Å². The van der Waals surface area contributed by atoms with Gasteiger partial charge in [0.2, 0.25) is 6.79 Å². The van der Waals surface area contributed by atoms with Gasteiger partial charge in [-0.15, -0.1) is 0 Å². The molecule has 24 heavy (non-hydrogen) atoms. The fraction of sp³-hybridized carbons (Fsp3) is 0.0500. The van der Waals surface area contributed by atoms with E-state index in [0.29, 0.717) is 0 Å². The third-order valence-electron chi connectivity index (χ3n) is 4.28. The third-order valence-corrected chi connectivity index (χ3v) is 4.28. The van der Waals surface area contributed by atoms with Crippen molar-refractivity contribution >= 4 is 5.65 Å². The van der Waals surface area contributed by atoms with Crippen LogP contribution in [-0.4, -0.2) is 11.4 Å². The number of nitrogens with zero attached hydrogens (tertiary/aromatic N) is 2. The summed E-state index contributed by atoms with van der Waals surface area (Å²) in [4.78, 5) is 0. The van der Waals surface area contributed by atoms with Gasteiger partial charge in [-0.2, -0.15) is 4.57 Å². The van der Waals surface area contributed by atoms with Gasteiger partial charge in [-0.1, -0.05) is 36.4 Å². The highest BCUT2D eigenvalue weighted by Crippen LogP contribution is 2.35. The number of imidazole rings is 1. The van der Waals surface area contributed by atoms with Crippen molar-refractivity contribution in [1.29, 1.82) is 0 Å². The third kappa shape index (κ3) is 1.97. The molecule has 4 heteroatoms. The number of aromatic nitrogens is 2. The molecule has 0 radical (unpaired) electrons. The number of hydrogen-bond acceptors (Lipinski definition) is 2. The van der Waals surface area contributed by atoms with Crippen LogP contribution in [0.1, 0.15) is 0 Å². The summed E-state index contributed by atoms with van der Waals surface area (Å²) in [7, 11) is 0. The maximum atomic E-state index is 5.55. The molecule has 0 atom stereocenters. The minimum Gasteiger partial charge on any atom is -0.454 e. The van der Waals surface area contributed by atoms with Gasteiger partial charge in [-0.3, -0.25) is 0 Å². The Balaban J connectivity index is 1.80. The number of fused-ring (bicyclic) bond motifs is 2. The van der Waals surface area contributed by atoms with Crippen LogP contribution in [0.4, 0.5) is 0 Å². The minimum absolute atomic E-state index is 0.283. The fourth-order valence-corrected chi connectivity index (χ4v) is 3.17. The fourth-order valence-electron chi connectivity index (χ4n) is 3.17. The first kappa shape index (κ1) is 13.2. The maximum absolute atomic E-state index is 5.55. The second-order valence-electron chi connectivity index (χ2n) is 5.72. The summed E-state index contributed by atoms with van der Waals surface area (Å²) in [5.74, 6) is 1.58. The highest BCUT2D eigenvalue weighted by atomic mass is 16.7. The Morgan fingerprint density at radius 1 is 0.833 bits per heavy atom. The Morgan fingerprint density at radius 3 is 2.58 bits per heavy atom. The maximum Gasteiger partial charge on any atom is 0.291 e. The number of pyridine rings is 1. The van der Waals surface area contributed by atoms with Gasteiger partial charge < -0.3 is 9.47 Å². The van der Waals surface area contributed by atoms with E-state index in [1.807, 2.05) is 30.3 Å². The van der Waals surface area contributed by atoms with Crippen molar-refractivity contribution in [3.8, 4) is 28.4 Å². The van der Waals surface area contributed by atoms with Crippen LogP contribution < -0.4 is 13.9 Å². The summed E-state index contributed by atoms with van der Waals surface area (Å²) in [5, 5.41) is 0. The molecule has 3 heterocycles. The molecule has 0 spiro atoms. The van der Waals surface area contributed by atoms with E-state index in [-0.39, 0.29) is 6.79 Å². The van der Waals surface area contributed by atoms with Gasteiger partial charge in [0, 0.05) is 17.7 Å². The standard InChI is InChI=1S/C20H15N2O2/c1-2-6-15(7-3-1)17-13-21-11-5-4-8-20(21)22(17)16-9-10-18-19(12-16)24-14-23-18/h1-13H,14H2/q+1. The van der Waals surface area contributed by atoms with Gasteiger partial charge in [-0.25, -0.2) is 4.40 Å². The zero-order valence-corrected chi connectivity index (χ0v) is 12.9. The number of rotatable bonds is 2. The van der Waals surface area contributed by atoms with Crippen LogP contribution in [0.5, 0.6) is 11.5 Å². The zero-order chi connectivity index (χ0) is 15.9. The van der Waals surface area contributed by atoms with Crippen LogP contribution in [0.15, 0.2) is 79.1 Å². The molecule has 0 saturated heterocycles. The quantitative estimate of drug-likeness (QED) is 0.529. The molecule has 5 rings (SSSR count). The average Bonchev–Trinajstić information content (AvgIpc) is 3.26. The van der Waals surface area contributed by atoms with Crippen LogP contribution in [-0.2, 0) is 0 Å². The molecule has 0 aliphatic carbocycles. The molecule has 4 aromatic rings. The lowest BCUT2D eigenvalue weighted by atomic mass is 10.1. The van der Waals surface area contributed by atoms with Crippen molar-refractivity contribution in [3.63, 3.8) is 0 Å². The molecule has 2 aromatic carbocycles. The topological polar surface area (TPSA) is 27.5 Å². The summed E-state index contributed by atoms with van der Waals surface area (Å²) in [6, 6.07) is 22.6.